The summed E-state index contributed by atoms with van der Waals surface area (Å²) in [5, 5.41) is 11.5. The molecule has 1 N–H and O–H groups in total. The molecule has 0 aliphatic carbocycles. The van der Waals surface area contributed by atoms with E-state index in [1.165, 1.54) is 11.3 Å². The fourth-order valence-electron chi connectivity index (χ4n) is 1.97. The van der Waals surface area contributed by atoms with E-state index in [1.54, 1.807) is 6.92 Å². The van der Waals surface area contributed by atoms with Gasteiger partial charge in [0.05, 0.1) is 17.9 Å². The highest BCUT2D eigenvalue weighted by Crippen LogP contribution is 2.33. The molecule has 0 spiro atoms. The number of hydrogen-bond donors (Lipinski definition) is 1. The summed E-state index contributed by atoms with van der Waals surface area (Å²) < 4.78 is 10.5. The van der Waals surface area contributed by atoms with Crippen molar-refractivity contribution in [3.05, 3.63) is 21.9 Å². The predicted molar refractivity (Wildman–Crippen MR) is 97.5 cm³/mol. The molecule has 2 aromatic rings. The molecule has 1 amide bonds. The van der Waals surface area contributed by atoms with E-state index in [-0.39, 0.29) is 24.2 Å². The number of aromatic nitrogens is 2. The van der Waals surface area contributed by atoms with Crippen LogP contribution in [0.2, 0.25) is 0 Å². The lowest BCUT2D eigenvalue weighted by molar-refractivity contribution is -0.113. The summed E-state index contributed by atoms with van der Waals surface area (Å²) in [6.07, 6.45) is 0. The lowest BCUT2D eigenvalue weighted by Gasteiger charge is -2.06. The van der Waals surface area contributed by atoms with Crippen LogP contribution in [0.15, 0.2) is 9.64 Å². The fourth-order valence-corrected chi connectivity index (χ4v) is 3.60. The molecule has 0 aliphatic heterocycles. The van der Waals surface area contributed by atoms with Gasteiger partial charge in [0.1, 0.15) is 5.00 Å². The van der Waals surface area contributed by atoms with Gasteiger partial charge in [-0.05, 0) is 26.3 Å². The molecule has 0 atom stereocenters. The maximum atomic E-state index is 12.2. The average Bonchev–Trinajstić information content (AvgIpc) is 3.11. The van der Waals surface area contributed by atoms with Gasteiger partial charge in [0.2, 0.25) is 11.8 Å². The van der Waals surface area contributed by atoms with E-state index in [0.29, 0.717) is 21.7 Å². The molecule has 0 saturated carbocycles. The Morgan fingerprint density at radius 3 is 2.64 bits per heavy atom. The molecule has 0 radical (unpaired) electrons. The van der Waals surface area contributed by atoms with Crippen LogP contribution in [0.25, 0.3) is 0 Å². The number of hydrogen-bond acceptors (Lipinski definition) is 8. The second kappa shape index (κ2) is 8.48. The third kappa shape index (κ3) is 4.82. The lowest BCUT2D eigenvalue weighted by Crippen LogP contribution is -2.16. The highest BCUT2D eigenvalue weighted by molar-refractivity contribution is 7.99. The smallest absolute Gasteiger partial charge is 0.341 e. The number of anilines is 1. The summed E-state index contributed by atoms with van der Waals surface area (Å²) in [5.41, 5.74) is 1.24. The quantitative estimate of drug-likeness (QED) is 0.574. The summed E-state index contributed by atoms with van der Waals surface area (Å²) in [5.74, 6) is 0.113. The normalized spacial score (nSPS) is 11.0. The Bertz CT molecular complexity index is 768. The van der Waals surface area contributed by atoms with Crippen molar-refractivity contribution in [1.82, 2.24) is 10.2 Å². The molecule has 0 aromatic carbocycles. The van der Waals surface area contributed by atoms with Crippen LogP contribution in [0.5, 0.6) is 0 Å². The summed E-state index contributed by atoms with van der Waals surface area (Å²) in [6, 6.07) is 0. The van der Waals surface area contributed by atoms with Crippen LogP contribution in [0.1, 0.15) is 53.4 Å². The molecule has 0 fully saturated rings. The zero-order valence-electron chi connectivity index (χ0n) is 14.8. The molecule has 0 aliphatic rings. The molecule has 0 unspecified atom stereocenters. The minimum atomic E-state index is -0.425. The van der Waals surface area contributed by atoms with Crippen molar-refractivity contribution < 1.29 is 18.7 Å². The zero-order valence-corrected chi connectivity index (χ0v) is 16.5. The molecule has 0 bridgehead atoms. The molecule has 25 heavy (non-hydrogen) atoms. The first kappa shape index (κ1) is 19.5. The molecule has 2 aromatic heterocycles. The number of nitrogens with zero attached hydrogens (tertiary/aromatic N) is 2. The number of esters is 1. The van der Waals surface area contributed by atoms with Gasteiger partial charge >= 0.3 is 5.97 Å². The Labute approximate surface area is 154 Å². The lowest BCUT2D eigenvalue weighted by atomic mass is 10.1. The summed E-state index contributed by atoms with van der Waals surface area (Å²) in [7, 11) is 0. The molecule has 0 saturated heterocycles. The predicted octanol–water partition coefficient (Wildman–Crippen LogP) is 3.78. The number of thioether (sulfide) groups is 1. The average molecular weight is 383 g/mol. The van der Waals surface area contributed by atoms with Gasteiger partial charge in [-0.15, -0.1) is 21.5 Å². The van der Waals surface area contributed by atoms with Crippen molar-refractivity contribution in [2.75, 3.05) is 17.7 Å². The molecule has 136 valence electrons. The van der Waals surface area contributed by atoms with Crippen LogP contribution >= 0.6 is 23.1 Å². The van der Waals surface area contributed by atoms with E-state index < -0.39 is 5.97 Å². The minimum absolute atomic E-state index is 0.109. The van der Waals surface area contributed by atoms with Crippen LogP contribution < -0.4 is 5.32 Å². The van der Waals surface area contributed by atoms with Gasteiger partial charge in [0.15, 0.2) is 0 Å². The van der Waals surface area contributed by atoms with Gasteiger partial charge < -0.3 is 14.5 Å². The van der Waals surface area contributed by atoms with Crippen molar-refractivity contribution in [2.24, 2.45) is 0 Å². The largest absolute Gasteiger partial charge is 0.462 e. The van der Waals surface area contributed by atoms with Gasteiger partial charge in [-0.3, -0.25) is 4.79 Å². The standard InChI is InChI=1S/C16H21N3O4S2/c1-6-22-15(21)12-9(4)10(5)25-14(12)17-11(20)7-24-16-19-18-13(23-16)8(2)3/h8H,6-7H2,1-5H3,(H,17,20). The van der Waals surface area contributed by atoms with Crippen molar-refractivity contribution >= 4 is 40.0 Å². The van der Waals surface area contributed by atoms with E-state index in [2.05, 4.69) is 15.5 Å². The SMILES string of the molecule is CCOC(=O)c1c(NC(=O)CSc2nnc(C(C)C)o2)sc(C)c1C. The molecule has 7 nitrogen and oxygen atoms in total. The van der Waals surface area contributed by atoms with Crippen LogP contribution in [0.3, 0.4) is 0 Å². The summed E-state index contributed by atoms with van der Waals surface area (Å²) >= 11 is 2.52. The first-order valence-corrected chi connectivity index (χ1v) is 9.66. The van der Waals surface area contributed by atoms with Crippen LogP contribution in [-0.4, -0.2) is 34.4 Å². The monoisotopic (exact) mass is 383 g/mol. The summed E-state index contributed by atoms with van der Waals surface area (Å²) in [6.45, 7) is 9.68. The Balaban J connectivity index is 2.02. The van der Waals surface area contributed by atoms with Gasteiger partial charge in [0.25, 0.3) is 5.22 Å². The Morgan fingerprint density at radius 2 is 2.04 bits per heavy atom. The molecular formula is C16H21N3O4S2. The van der Waals surface area contributed by atoms with Gasteiger partial charge in [-0.1, -0.05) is 25.6 Å². The maximum absolute atomic E-state index is 12.2. The Morgan fingerprint density at radius 1 is 1.32 bits per heavy atom. The van der Waals surface area contributed by atoms with Crippen LogP contribution in [0.4, 0.5) is 5.00 Å². The van der Waals surface area contributed by atoms with Crippen molar-refractivity contribution in [3.63, 3.8) is 0 Å². The van der Waals surface area contributed by atoms with Gasteiger partial charge in [-0.25, -0.2) is 4.79 Å². The molecule has 2 rings (SSSR count). The van der Waals surface area contributed by atoms with Gasteiger partial charge in [0, 0.05) is 10.8 Å². The van der Waals surface area contributed by atoms with Crippen molar-refractivity contribution in [2.45, 2.75) is 45.8 Å². The number of carbonyl (C=O) groups excluding carboxylic acids is 2. The maximum Gasteiger partial charge on any atom is 0.341 e. The minimum Gasteiger partial charge on any atom is -0.462 e. The number of carbonyl (C=O) groups is 2. The van der Waals surface area contributed by atoms with Crippen molar-refractivity contribution in [3.8, 4) is 0 Å². The molecule has 9 heteroatoms. The Hall–Kier alpha value is -1.87. The highest BCUT2D eigenvalue weighted by atomic mass is 32.2. The van der Waals surface area contributed by atoms with Crippen LogP contribution in [0, 0.1) is 13.8 Å². The fraction of sp³-hybridized carbons (Fsp3) is 0.500. The first-order valence-electron chi connectivity index (χ1n) is 7.86. The first-order chi connectivity index (χ1) is 11.8. The molecule has 2 heterocycles. The van der Waals surface area contributed by atoms with E-state index >= 15 is 0 Å². The zero-order chi connectivity index (χ0) is 18.6. The van der Waals surface area contributed by atoms with E-state index in [4.69, 9.17) is 9.15 Å². The van der Waals surface area contributed by atoms with Gasteiger partial charge in [-0.2, -0.15) is 0 Å². The topological polar surface area (TPSA) is 94.3 Å². The number of ether oxygens (including phenoxy) is 1. The number of aryl methyl sites for hydroxylation is 1. The Kier molecular flexibility index (Phi) is 6.60. The number of thiophene rings is 1. The highest BCUT2D eigenvalue weighted by Gasteiger charge is 2.22. The summed E-state index contributed by atoms with van der Waals surface area (Å²) in [4.78, 5) is 25.3. The van der Waals surface area contributed by atoms with Crippen LogP contribution in [-0.2, 0) is 9.53 Å². The second-order valence-corrected chi connectivity index (χ2v) is 7.76. The number of rotatable bonds is 7. The molecular weight excluding hydrogens is 362 g/mol. The third-order valence-electron chi connectivity index (χ3n) is 3.36. The van der Waals surface area contributed by atoms with E-state index in [9.17, 15) is 9.59 Å². The van der Waals surface area contributed by atoms with E-state index in [0.717, 1.165) is 22.2 Å². The van der Waals surface area contributed by atoms with E-state index in [1.807, 2.05) is 27.7 Å². The van der Waals surface area contributed by atoms with Crippen molar-refractivity contribution in [1.29, 1.82) is 0 Å². The number of amides is 1. The second-order valence-electron chi connectivity index (χ2n) is 5.61. The third-order valence-corrected chi connectivity index (χ3v) is 5.30. The number of nitrogens with one attached hydrogen (secondary N) is 1.